The standard InChI is InChI=1S/C38H55F2N5O2.C28H35FN4O4S/c1-28(27-46)20-34-36(43(3)4)22-31(47-5)23-37(34)45-19-15-16-29-21-32(33(38(39)40)24-35(29)45)30-25-42-44(26-30)18-14-12-10-8-6-7-9-11-13-17-41-2;1-17-22(38-16-30-17)19-9-7-18(8-10-19)20(11-15-34)31-24(35)21-6-5-14-33(21)25(36)23(27(2,3)4)32-26(37)28(29)12-13-28/h20-21,23-27,36,38,41H,6-19,22H2,1-5H3;7-10,15-16,20-21,23H,5-6,11-14H2,1-4H3,(H,31,35)(H,32,37)/b28-20-;. The molecule has 4 heterocycles. The second-order valence-corrected chi connectivity index (χ2v) is 25.4. The number of hydrogen-bond donors (Lipinski definition) is 3. The molecule has 4 aromatic rings. The lowest BCUT2D eigenvalue weighted by atomic mass is 9.85. The molecular weight excluding hydrogens is 1100 g/mol. The van der Waals surface area contributed by atoms with E-state index >= 15 is 0 Å². The van der Waals surface area contributed by atoms with Crippen LogP contribution in [0.15, 0.2) is 89.1 Å². The molecule has 4 aliphatic rings. The van der Waals surface area contributed by atoms with E-state index in [1.54, 1.807) is 63.9 Å². The average molecular weight is 1190 g/mol. The van der Waals surface area contributed by atoms with E-state index in [1.165, 1.54) is 49.8 Å². The van der Waals surface area contributed by atoms with Crippen molar-refractivity contribution in [1.82, 2.24) is 40.5 Å². The first-order valence-corrected chi connectivity index (χ1v) is 31.3. The molecule has 19 heteroatoms. The molecule has 0 bridgehead atoms. The number of aromatic nitrogens is 3. The molecule has 3 N–H and O–H groups in total. The molecule has 85 heavy (non-hydrogen) atoms. The average Bonchev–Trinajstić information content (AvgIpc) is 3.36. The summed E-state index contributed by atoms with van der Waals surface area (Å²) in [7, 11) is 7.68. The maximum Gasteiger partial charge on any atom is 0.264 e. The van der Waals surface area contributed by atoms with Crippen LogP contribution in [0.5, 0.6) is 0 Å². The van der Waals surface area contributed by atoms with E-state index in [0.717, 1.165) is 107 Å². The van der Waals surface area contributed by atoms with Crippen molar-refractivity contribution in [2.24, 2.45) is 5.41 Å². The number of ether oxygens (including phenoxy) is 1. The second-order valence-electron chi connectivity index (χ2n) is 24.5. The number of hydrogen-bond acceptors (Lipinski definition) is 12. The van der Waals surface area contributed by atoms with Gasteiger partial charge in [-0.2, -0.15) is 5.10 Å². The van der Waals surface area contributed by atoms with Crippen molar-refractivity contribution in [1.29, 1.82) is 0 Å². The molecular formula is C66H90F3N9O6S. The van der Waals surface area contributed by atoms with E-state index in [2.05, 4.69) is 35.8 Å². The highest BCUT2D eigenvalue weighted by Gasteiger charge is 2.53. The van der Waals surface area contributed by atoms with Gasteiger partial charge in [0, 0.05) is 67.2 Å². The van der Waals surface area contributed by atoms with Gasteiger partial charge in [0.05, 0.1) is 41.2 Å². The highest BCUT2D eigenvalue weighted by atomic mass is 32.1. The van der Waals surface area contributed by atoms with Crippen molar-refractivity contribution in [3.8, 4) is 21.6 Å². The van der Waals surface area contributed by atoms with Crippen LogP contribution in [0.3, 0.4) is 0 Å². The number of alkyl halides is 3. The topological polar surface area (TPSA) is 171 Å². The molecule has 2 fully saturated rings. The van der Waals surface area contributed by atoms with Crippen molar-refractivity contribution < 1.29 is 41.9 Å². The van der Waals surface area contributed by atoms with E-state index in [0.29, 0.717) is 43.5 Å². The van der Waals surface area contributed by atoms with Crippen LogP contribution in [-0.4, -0.2) is 127 Å². The Morgan fingerprint density at radius 2 is 1.64 bits per heavy atom. The Morgan fingerprint density at radius 3 is 2.24 bits per heavy atom. The monoisotopic (exact) mass is 1190 g/mol. The minimum atomic E-state index is -2.64. The molecule has 1 saturated heterocycles. The summed E-state index contributed by atoms with van der Waals surface area (Å²) in [5.41, 5.74) is 7.54. The Hall–Kier alpha value is -6.44. The summed E-state index contributed by atoms with van der Waals surface area (Å²) in [6.07, 6.45) is 21.6. The van der Waals surface area contributed by atoms with E-state index in [4.69, 9.17) is 4.74 Å². The predicted octanol–water partition coefficient (Wildman–Crippen LogP) is 12.1. The van der Waals surface area contributed by atoms with Crippen LogP contribution in [-0.2, 0) is 41.7 Å². The number of carbonyl (C=O) groups excluding carboxylic acids is 5. The first-order chi connectivity index (χ1) is 40.7. The molecule has 1 saturated carbocycles. The number of rotatable bonds is 28. The fourth-order valence-corrected chi connectivity index (χ4v) is 12.4. The van der Waals surface area contributed by atoms with Gasteiger partial charge in [0.15, 0.2) is 5.67 Å². The van der Waals surface area contributed by atoms with Gasteiger partial charge in [-0.3, -0.25) is 23.9 Å². The summed E-state index contributed by atoms with van der Waals surface area (Å²) in [6, 6.07) is 9.00. The Kier molecular flexibility index (Phi) is 23.9. The summed E-state index contributed by atoms with van der Waals surface area (Å²) < 4.78 is 51.5. The third-order valence-corrected chi connectivity index (χ3v) is 17.7. The van der Waals surface area contributed by atoms with Crippen LogP contribution in [0, 0.1) is 12.3 Å². The zero-order valence-electron chi connectivity index (χ0n) is 51.4. The Labute approximate surface area is 505 Å². The van der Waals surface area contributed by atoms with Crippen molar-refractivity contribution in [2.75, 3.05) is 52.8 Å². The summed E-state index contributed by atoms with van der Waals surface area (Å²) in [5, 5.41) is 13.3. The van der Waals surface area contributed by atoms with Gasteiger partial charge in [-0.25, -0.2) is 18.2 Å². The molecule has 15 nitrogen and oxygen atoms in total. The smallest absolute Gasteiger partial charge is 0.264 e. The SMILES string of the molecule is CNCCCCCCCCCCCn1cc(-c2cc3c(cc2C(F)F)N(C2=C(/C=C(/C)C=O)C(N(C)C)CC(OC)=C2)CCC3)cn1.Cc1ncsc1-c1ccc(C(CC=O)NC(=O)C2CCCN2C(=O)C(NC(=O)C2(F)CC2)C(C)(C)C)cc1. The summed E-state index contributed by atoms with van der Waals surface area (Å²) in [5.74, 6) is -0.702. The first-order valence-electron chi connectivity index (χ1n) is 30.4. The lowest BCUT2D eigenvalue weighted by Crippen LogP contribution is -2.59. The molecule has 2 aliphatic heterocycles. The van der Waals surface area contributed by atoms with E-state index in [9.17, 15) is 37.1 Å². The molecule has 0 radical (unpaired) electrons. The quantitative estimate of drug-likeness (QED) is 0.0281. The normalized spacial score (nSPS) is 18.3. The number of fused-ring (bicyclic) bond motifs is 1. The maximum atomic E-state index is 14.7. The largest absolute Gasteiger partial charge is 0.501 e. The van der Waals surface area contributed by atoms with Gasteiger partial charge in [-0.1, -0.05) is 90.0 Å². The minimum Gasteiger partial charge on any atom is -0.501 e. The van der Waals surface area contributed by atoms with Crippen molar-refractivity contribution >= 4 is 47.3 Å². The summed E-state index contributed by atoms with van der Waals surface area (Å²) >= 11 is 1.55. The third-order valence-electron chi connectivity index (χ3n) is 16.7. The number of amides is 3. The zero-order chi connectivity index (χ0) is 61.4. The predicted molar refractivity (Wildman–Crippen MR) is 331 cm³/mol. The molecule has 462 valence electrons. The van der Waals surface area contributed by atoms with Crippen LogP contribution >= 0.6 is 11.3 Å². The Morgan fingerprint density at radius 1 is 0.941 bits per heavy atom. The number of thiazole rings is 1. The van der Waals surface area contributed by atoms with Gasteiger partial charge in [-0.15, -0.1) is 11.3 Å². The highest BCUT2D eigenvalue weighted by Crippen LogP contribution is 2.44. The highest BCUT2D eigenvalue weighted by molar-refractivity contribution is 7.13. The first kappa shape index (κ1) is 66.1. The fraction of sp³-hybridized carbons (Fsp3) is 0.561. The molecule has 4 unspecified atom stereocenters. The van der Waals surface area contributed by atoms with Crippen molar-refractivity contribution in [3.63, 3.8) is 0 Å². The zero-order valence-corrected chi connectivity index (χ0v) is 52.2. The Bertz CT molecular complexity index is 3010. The van der Waals surface area contributed by atoms with Gasteiger partial charge >= 0.3 is 0 Å². The lowest BCUT2D eigenvalue weighted by Gasteiger charge is -2.39. The molecule has 8 rings (SSSR count). The van der Waals surface area contributed by atoms with Gasteiger partial charge in [-0.05, 0) is 156 Å². The number of unbranched alkanes of at least 4 members (excludes halogenated alkanes) is 8. The number of nitrogens with zero attached hydrogens (tertiary/aromatic N) is 6. The lowest BCUT2D eigenvalue weighted by molar-refractivity contribution is -0.145. The van der Waals surface area contributed by atoms with E-state index in [1.807, 2.05) is 81.4 Å². The Balaban J connectivity index is 0.000000249. The number of nitrogens with one attached hydrogen (secondary N) is 3. The number of likely N-dealkylation sites (tertiary alicyclic amines) is 1. The maximum absolute atomic E-state index is 14.7. The number of likely N-dealkylation sites (N-methyl/N-ethyl adjacent to an activating group) is 1. The number of carbonyl (C=O) groups is 5. The van der Waals surface area contributed by atoms with Crippen molar-refractivity contribution in [2.45, 2.75) is 187 Å². The molecule has 2 aliphatic carbocycles. The van der Waals surface area contributed by atoms with Gasteiger partial charge in [0.2, 0.25) is 11.8 Å². The van der Waals surface area contributed by atoms with Gasteiger partial charge < -0.3 is 40.2 Å². The number of halogens is 3. The minimum absolute atomic E-state index is 0.0128. The number of aldehydes is 2. The third kappa shape index (κ3) is 17.4. The van der Waals surface area contributed by atoms with Gasteiger partial charge in [0.1, 0.15) is 24.7 Å². The van der Waals surface area contributed by atoms with Gasteiger partial charge in [0.25, 0.3) is 12.3 Å². The van der Waals surface area contributed by atoms with Crippen LogP contribution < -0.4 is 20.9 Å². The molecule has 4 atom stereocenters. The number of benzene rings is 2. The molecule has 3 amide bonds. The number of allylic oxidation sites excluding steroid dienone is 2. The molecule has 0 spiro atoms. The summed E-state index contributed by atoms with van der Waals surface area (Å²) in [4.78, 5) is 73.6. The van der Waals surface area contributed by atoms with E-state index < -0.39 is 47.4 Å². The molecule has 2 aromatic carbocycles. The van der Waals surface area contributed by atoms with Crippen LogP contribution in [0.4, 0.5) is 18.9 Å². The fourth-order valence-electron chi connectivity index (χ4n) is 11.6. The number of aryl methyl sites for hydroxylation is 3. The summed E-state index contributed by atoms with van der Waals surface area (Å²) in [6.45, 7) is 12.1. The van der Waals surface area contributed by atoms with Crippen LogP contribution in [0.1, 0.15) is 165 Å². The van der Waals surface area contributed by atoms with E-state index in [-0.39, 0.29) is 36.8 Å². The van der Waals surface area contributed by atoms with Crippen LogP contribution in [0.2, 0.25) is 0 Å². The number of anilines is 1. The number of methoxy groups -OCH3 is 1. The molecule has 2 aromatic heterocycles. The van der Waals surface area contributed by atoms with Crippen LogP contribution in [0.25, 0.3) is 21.6 Å². The second kappa shape index (κ2) is 30.8. The van der Waals surface area contributed by atoms with Crippen molar-refractivity contribution in [3.05, 3.63) is 111 Å².